The Bertz CT molecular complexity index is 566. The number of fused-ring (bicyclic) bond motifs is 1. The zero-order valence-corrected chi connectivity index (χ0v) is 11.5. The first kappa shape index (κ1) is 12.4. The van der Waals surface area contributed by atoms with Gasteiger partial charge in [-0.2, -0.15) is 0 Å². The second-order valence-corrected chi connectivity index (χ2v) is 5.09. The summed E-state index contributed by atoms with van der Waals surface area (Å²) in [6.45, 7) is 5.60. The van der Waals surface area contributed by atoms with Crippen LogP contribution in [0.1, 0.15) is 31.5 Å². The molecule has 2 aromatic rings. The lowest BCUT2D eigenvalue weighted by Gasteiger charge is -2.30. The van der Waals surface area contributed by atoms with E-state index in [1.165, 1.54) is 19.4 Å². The molecular formula is C14H20N4O. The molecule has 0 saturated carbocycles. The van der Waals surface area contributed by atoms with Crippen LogP contribution in [0.15, 0.2) is 18.3 Å². The van der Waals surface area contributed by atoms with Gasteiger partial charge in [-0.25, -0.2) is 0 Å². The fraction of sp³-hybridized carbons (Fsp3) is 0.571. The first-order valence-electron chi connectivity index (χ1n) is 6.93. The van der Waals surface area contributed by atoms with Gasteiger partial charge in [0.1, 0.15) is 11.6 Å². The molecule has 0 spiro atoms. The molecule has 1 unspecified atom stereocenters. The zero-order valence-electron chi connectivity index (χ0n) is 11.5. The summed E-state index contributed by atoms with van der Waals surface area (Å²) in [5.41, 5.74) is 0.893. The van der Waals surface area contributed by atoms with E-state index in [2.05, 4.69) is 26.4 Å². The van der Waals surface area contributed by atoms with Crippen LogP contribution >= 0.6 is 0 Å². The molecule has 0 bridgehead atoms. The lowest BCUT2D eigenvalue weighted by Crippen LogP contribution is -2.34. The van der Waals surface area contributed by atoms with Gasteiger partial charge in [0.25, 0.3) is 0 Å². The maximum absolute atomic E-state index is 5.29. The van der Waals surface area contributed by atoms with Crippen LogP contribution in [0.5, 0.6) is 5.75 Å². The molecule has 3 heterocycles. The number of hydrogen-bond donors (Lipinski definition) is 0. The van der Waals surface area contributed by atoms with E-state index in [1.54, 1.807) is 7.11 Å². The fourth-order valence-electron chi connectivity index (χ4n) is 2.84. The van der Waals surface area contributed by atoms with Crippen molar-refractivity contribution in [2.24, 2.45) is 0 Å². The minimum absolute atomic E-state index is 0.468. The number of methoxy groups -OCH3 is 1. The zero-order chi connectivity index (χ0) is 13.2. The van der Waals surface area contributed by atoms with Crippen molar-refractivity contribution in [1.82, 2.24) is 19.5 Å². The van der Waals surface area contributed by atoms with Crippen LogP contribution in [-0.2, 0) is 0 Å². The van der Waals surface area contributed by atoms with E-state index in [0.29, 0.717) is 5.92 Å². The molecule has 0 aliphatic carbocycles. The molecule has 0 N–H and O–H groups in total. The fourth-order valence-corrected chi connectivity index (χ4v) is 2.84. The van der Waals surface area contributed by atoms with E-state index in [1.807, 2.05) is 18.3 Å². The lowest BCUT2D eigenvalue weighted by atomic mass is 9.97. The standard InChI is InChI=1S/C14H20N4O/c1-3-17-8-4-5-11(9-17)14-16-15-13-7-6-12(19-2)10-18(13)14/h6-7,10-11H,3-5,8-9H2,1-2H3. The van der Waals surface area contributed by atoms with Crippen LogP contribution in [0.3, 0.4) is 0 Å². The Balaban J connectivity index is 1.95. The Labute approximate surface area is 113 Å². The Kier molecular flexibility index (Phi) is 3.38. The van der Waals surface area contributed by atoms with Gasteiger partial charge >= 0.3 is 0 Å². The highest BCUT2D eigenvalue weighted by Crippen LogP contribution is 2.26. The summed E-state index contributed by atoms with van der Waals surface area (Å²) >= 11 is 0. The van der Waals surface area contributed by atoms with Gasteiger partial charge in [-0.1, -0.05) is 6.92 Å². The molecule has 19 heavy (non-hydrogen) atoms. The number of pyridine rings is 1. The molecule has 1 aliphatic rings. The number of likely N-dealkylation sites (tertiary alicyclic amines) is 1. The molecule has 3 rings (SSSR count). The van der Waals surface area contributed by atoms with Crippen molar-refractivity contribution >= 4 is 5.65 Å². The first-order chi connectivity index (χ1) is 9.31. The Morgan fingerprint density at radius 1 is 1.37 bits per heavy atom. The van der Waals surface area contributed by atoms with Crippen LogP contribution in [-0.4, -0.2) is 46.2 Å². The van der Waals surface area contributed by atoms with E-state index in [-0.39, 0.29) is 0 Å². The summed E-state index contributed by atoms with van der Waals surface area (Å²) in [6, 6.07) is 3.88. The Morgan fingerprint density at radius 3 is 3.05 bits per heavy atom. The molecule has 5 heteroatoms. The smallest absolute Gasteiger partial charge is 0.161 e. The van der Waals surface area contributed by atoms with Crippen LogP contribution in [0.2, 0.25) is 0 Å². The molecule has 5 nitrogen and oxygen atoms in total. The number of aromatic nitrogens is 3. The highest BCUT2D eigenvalue weighted by Gasteiger charge is 2.24. The van der Waals surface area contributed by atoms with Crippen LogP contribution in [0, 0.1) is 0 Å². The van der Waals surface area contributed by atoms with E-state index < -0.39 is 0 Å². The second-order valence-electron chi connectivity index (χ2n) is 5.09. The van der Waals surface area contributed by atoms with Crippen molar-refractivity contribution in [2.45, 2.75) is 25.7 Å². The number of ether oxygens (including phenoxy) is 1. The first-order valence-corrected chi connectivity index (χ1v) is 6.93. The van der Waals surface area contributed by atoms with Gasteiger partial charge in [-0.3, -0.25) is 4.40 Å². The van der Waals surface area contributed by atoms with E-state index >= 15 is 0 Å². The molecule has 1 fully saturated rings. The third-order valence-electron chi connectivity index (χ3n) is 3.96. The topological polar surface area (TPSA) is 42.7 Å². The van der Waals surface area contributed by atoms with Gasteiger partial charge in [0.15, 0.2) is 5.65 Å². The third-order valence-corrected chi connectivity index (χ3v) is 3.96. The van der Waals surface area contributed by atoms with Gasteiger partial charge in [-0.05, 0) is 38.1 Å². The van der Waals surface area contributed by atoms with Gasteiger partial charge in [0.05, 0.1) is 13.3 Å². The quantitative estimate of drug-likeness (QED) is 0.846. The van der Waals surface area contributed by atoms with Gasteiger partial charge in [-0.15, -0.1) is 10.2 Å². The molecule has 1 saturated heterocycles. The Morgan fingerprint density at radius 2 is 2.26 bits per heavy atom. The summed E-state index contributed by atoms with van der Waals surface area (Å²) in [5, 5.41) is 8.65. The summed E-state index contributed by atoms with van der Waals surface area (Å²) in [5.74, 6) is 2.37. The van der Waals surface area contributed by atoms with Crippen molar-refractivity contribution in [2.75, 3.05) is 26.7 Å². The van der Waals surface area contributed by atoms with E-state index in [4.69, 9.17) is 4.74 Å². The van der Waals surface area contributed by atoms with Crippen molar-refractivity contribution in [3.05, 3.63) is 24.2 Å². The summed E-state index contributed by atoms with van der Waals surface area (Å²) in [4.78, 5) is 2.48. The van der Waals surface area contributed by atoms with Crippen molar-refractivity contribution in [3.63, 3.8) is 0 Å². The van der Waals surface area contributed by atoms with Crippen molar-refractivity contribution in [1.29, 1.82) is 0 Å². The minimum atomic E-state index is 0.468. The van der Waals surface area contributed by atoms with Gasteiger partial charge in [0, 0.05) is 12.5 Å². The normalized spacial score (nSPS) is 20.8. The number of nitrogens with zero attached hydrogens (tertiary/aromatic N) is 4. The maximum atomic E-state index is 5.29. The Hall–Kier alpha value is -1.62. The van der Waals surface area contributed by atoms with Crippen LogP contribution < -0.4 is 4.74 Å². The predicted octanol–water partition coefficient (Wildman–Crippen LogP) is 1.94. The molecule has 1 aliphatic heterocycles. The summed E-state index contributed by atoms with van der Waals surface area (Å²) in [7, 11) is 1.69. The summed E-state index contributed by atoms with van der Waals surface area (Å²) < 4.78 is 7.36. The van der Waals surface area contributed by atoms with Crippen LogP contribution in [0.4, 0.5) is 0 Å². The summed E-state index contributed by atoms with van der Waals surface area (Å²) in [6.07, 6.45) is 4.40. The van der Waals surface area contributed by atoms with Gasteiger partial charge in [0.2, 0.25) is 0 Å². The number of rotatable bonds is 3. The minimum Gasteiger partial charge on any atom is -0.495 e. The SMILES string of the molecule is CCN1CCCC(c2nnc3ccc(OC)cn23)C1. The predicted molar refractivity (Wildman–Crippen MR) is 73.6 cm³/mol. The highest BCUT2D eigenvalue weighted by molar-refractivity contribution is 5.42. The molecule has 0 radical (unpaired) electrons. The molecule has 0 aromatic carbocycles. The average molecular weight is 260 g/mol. The average Bonchev–Trinajstić information content (AvgIpc) is 2.90. The second kappa shape index (κ2) is 5.17. The van der Waals surface area contributed by atoms with Crippen molar-refractivity contribution in [3.8, 4) is 5.75 Å². The lowest BCUT2D eigenvalue weighted by molar-refractivity contribution is 0.213. The largest absolute Gasteiger partial charge is 0.495 e. The number of likely N-dealkylation sites (N-methyl/N-ethyl adjacent to an activating group) is 1. The number of piperidine rings is 1. The van der Waals surface area contributed by atoms with E-state index in [9.17, 15) is 0 Å². The third kappa shape index (κ3) is 2.30. The maximum Gasteiger partial charge on any atom is 0.161 e. The number of hydrogen-bond acceptors (Lipinski definition) is 4. The molecule has 0 amide bonds. The van der Waals surface area contributed by atoms with Gasteiger partial charge < -0.3 is 9.64 Å². The molecular weight excluding hydrogens is 240 g/mol. The van der Waals surface area contributed by atoms with Crippen LogP contribution in [0.25, 0.3) is 5.65 Å². The van der Waals surface area contributed by atoms with E-state index in [0.717, 1.165) is 30.3 Å². The monoisotopic (exact) mass is 260 g/mol. The molecule has 2 aromatic heterocycles. The van der Waals surface area contributed by atoms with Crippen molar-refractivity contribution < 1.29 is 4.74 Å². The molecule has 102 valence electrons. The molecule has 1 atom stereocenters. The highest BCUT2D eigenvalue weighted by atomic mass is 16.5.